The second kappa shape index (κ2) is 8.09. The van der Waals surface area contributed by atoms with Crippen molar-refractivity contribution in [3.05, 3.63) is 34.6 Å². The summed E-state index contributed by atoms with van der Waals surface area (Å²) in [6.45, 7) is 1.49. The van der Waals surface area contributed by atoms with E-state index in [1.165, 1.54) is 12.1 Å². The van der Waals surface area contributed by atoms with Gasteiger partial charge in [0.05, 0.1) is 6.61 Å². The molecule has 0 radical (unpaired) electrons. The third-order valence-corrected chi connectivity index (χ3v) is 3.00. The molecule has 0 atom stereocenters. The van der Waals surface area contributed by atoms with Gasteiger partial charge < -0.3 is 15.4 Å². The Morgan fingerprint density at radius 3 is 2.84 bits per heavy atom. The first-order chi connectivity index (χ1) is 9.08. The Morgan fingerprint density at radius 1 is 1.53 bits per heavy atom. The molecule has 0 spiro atoms. The Balaban J connectivity index is 2.77. The summed E-state index contributed by atoms with van der Waals surface area (Å²) < 4.78 is 17.9. The molecule has 1 rings (SSSR count). The Bertz CT molecular complexity index is 429. The van der Waals surface area contributed by atoms with Gasteiger partial charge in [-0.2, -0.15) is 0 Å². The van der Waals surface area contributed by atoms with Crippen LogP contribution in [0.15, 0.2) is 18.2 Å². The molecule has 0 unspecified atom stereocenters. The van der Waals surface area contributed by atoms with Crippen molar-refractivity contribution in [1.29, 1.82) is 0 Å². The van der Waals surface area contributed by atoms with E-state index in [-0.39, 0.29) is 12.3 Å². The van der Waals surface area contributed by atoms with E-state index in [0.717, 1.165) is 0 Å². The number of amides is 1. The Labute approximate surface area is 117 Å². The van der Waals surface area contributed by atoms with E-state index in [4.69, 9.17) is 22.1 Å². The Hall–Kier alpha value is -1.17. The van der Waals surface area contributed by atoms with E-state index in [1.54, 1.807) is 18.1 Å². The van der Waals surface area contributed by atoms with E-state index in [9.17, 15) is 9.18 Å². The quantitative estimate of drug-likeness (QED) is 0.832. The standard InChI is InChI=1S/C13H18ClFN2O2/c1-19-7-6-17(13(18)4-5-16)9-10-2-3-11(15)8-12(10)14/h2-3,8H,4-7,9,16H2,1H3. The van der Waals surface area contributed by atoms with Gasteiger partial charge in [-0.15, -0.1) is 0 Å². The first-order valence-electron chi connectivity index (χ1n) is 5.99. The second-order valence-electron chi connectivity index (χ2n) is 4.08. The van der Waals surface area contributed by atoms with Crippen LogP contribution in [0.3, 0.4) is 0 Å². The maximum Gasteiger partial charge on any atom is 0.224 e. The highest BCUT2D eigenvalue weighted by molar-refractivity contribution is 6.31. The van der Waals surface area contributed by atoms with Crippen molar-refractivity contribution >= 4 is 17.5 Å². The normalized spacial score (nSPS) is 10.5. The molecule has 6 heteroatoms. The monoisotopic (exact) mass is 288 g/mol. The molecule has 0 aliphatic carbocycles. The van der Waals surface area contributed by atoms with Crippen molar-refractivity contribution in [2.75, 3.05) is 26.8 Å². The SMILES string of the molecule is COCCN(Cc1ccc(F)cc1Cl)C(=O)CCN. The molecule has 2 N–H and O–H groups in total. The van der Waals surface area contributed by atoms with Crippen molar-refractivity contribution in [3.63, 3.8) is 0 Å². The van der Waals surface area contributed by atoms with Gasteiger partial charge in [-0.1, -0.05) is 17.7 Å². The molecular formula is C13H18ClFN2O2. The summed E-state index contributed by atoms with van der Waals surface area (Å²) in [4.78, 5) is 13.5. The van der Waals surface area contributed by atoms with Gasteiger partial charge in [0.1, 0.15) is 5.82 Å². The Morgan fingerprint density at radius 2 is 2.26 bits per heavy atom. The summed E-state index contributed by atoms with van der Waals surface area (Å²) in [5.74, 6) is -0.467. The average Bonchev–Trinajstić information content (AvgIpc) is 2.37. The van der Waals surface area contributed by atoms with Crippen molar-refractivity contribution in [1.82, 2.24) is 4.90 Å². The van der Waals surface area contributed by atoms with Gasteiger partial charge >= 0.3 is 0 Å². The van der Waals surface area contributed by atoms with E-state index in [2.05, 4.69) is 0 Å². The number of rotatable bonds is 7. The summed E-state index contributed by atoms with van der Waals surface area (Å²) >= 11 is 5.96. The number of ether oxygens (including phenoxy) is 1. The molecule has 19 heavy (non-hydrogen) atoms. The van der Waals surface area contributed by atoms with Gasteiger partial charge in [0, 0.05) is 38.2 Å². The fraction of sp³-hybridized carbons (Fsp3) is 0.462. The van der Waals surface area contributed by atoms with Crippen LogP contribution in [0.1, 0.15) is 12.0 Å². The molecule has 4 nitrogen and oxygen atoms in total. The number of hydrogen-bond donors (Lipinski definition) is 1. The van der Waals surface area contributed by atoms with Crippen LogP contribution in [-0.4, -0.2) is 37.6 Å². The highest BCUT2D eigenvalue weighted by Gasteiger charge is 2.14. The fourth-order valence-corrected chi connectivity index (χ4v) is 1.86. The number of carbonyl (C=O) groups excluding carboxylic acids is 1. The Kier molecular flexibility index (Phi) is 6.77. The lowest BCUT2D eigenvalue weighted by Gasteiger charge is -2.23. The minimum atomic E-state index is -0.398. The largest absolute Gasteiger partial charge is 0.383 e. The molecule has 0 aromatic heterocycles. The number of carbonyl (C=O) groups is 1. The van der Waals surface area contributed by atoms with E-state index < -0.39 is 5.82 Å². The zero-order valence-electron chi connectivity index (χ0n) is 10.9. The lowest BCUT2D eigenvalue weighted by molar-refractivity contribution is -0.132. The van der Waals surface area contributed by atoms with Gasteiger partial charge in [-0.05, 0) is 17.7 Å². The highest BCUT2D eigenvalue weighted by Crippen LogP contribution is 2.19. The molecular weight excluding hydrogens is 271 g/mol. The zero-order valence-corrected chi connectivity index (χ0v) is 11.6. The van der Waals surface area contributed by atoms with Crippen LogP contribution in [0.5, 0.6) is 0 Å². The van der Waals surface area contributed by atoms with Gasteiger partial charge in [-0.3, -0.25) is 4.79 Å². The van der Waals surface area contributed by atoms with Crippen molar-refractivity contribution < 1.29 is 13.9 Å². The van der Waals surface area contributed by atoms with Crippen LogP contribution in [0.25, 0.3) is 0 Å². The highest BCUT2D eigenvalue weighted by atomic mass is 35.5. The topological polar surface area (TPSA) is 55.6 Å². The molecule has 1 amide bonds. The molecule has 0 saturated heterocycles. The molecule has 0 aliphatic heterocycles. The van der Waals surface area contributed by atoms with Gasteiger partial charge in [-0.25, -0.2) is 4.39 Å². The van der Waals surface area contributed by atoms with E-state index in [0.29, 0.717) is 36.8 Å². The lowest BCUT2D eigenvalue weighted by Crippen LogP contribution is -2.34. The number of hydrogen-bond acceptors (Lipinski definition) is 3. The van der Waals surface area contributed by atoms with Crippen LogP contribution >= 0.6 is 11.6 Å². The molecule has 0 aliphatic rings. The minimum Gasteiger partial charge on any atom is -0.383 e. The van der Waals surface area contributed by atoms with Crippen molar-refractivity contribution in [2.24, 2.45) is 5.73 Å². The third-order valence-electron chi connectivity index (χ3n) is 2.65. The maximum absolute atomic E-state index is 13.0. The van der Waals surface area contributed by atoms with Crippen LogP contribution < -0.4 is 5.73 Å². The van der Waals surface area contributed by atoms with Crippen LogP contribution in [-0.2, 0) is 16.1 Å². The van der Waals surface area contributed by atoms with Crippen LogP contribution in [0.4, 0.5) is 4.39 Å². The first kappa shape index (κ1) is 15.9. The van der Waals surface area contributed by atoms with E-state index >= 15 is 0 Å². The number of benzene rings is 1. The molecule has 0 heterocycles. The first-order valence-corrected chi connectivity index (χ1v) is 6.37. The van der Waals surface area contributed by atoms with Crippen molar-refractivity contribution in [2.45, 2.75) is 13.0 Å². The summed E-state index contributed by atoms with van der Waals surface area (Å²) in [6.07, 6.45) is 0.266. The smallest absolute Gasteiger partial charge is 0.224 e. The summed E-state index contributed by atoms with van der Waals surface area (Å²) in [5, 5.41) is 0.308. The summed E-state index contributed by atoms with van der Waals surface area (Å²) in [7, 11) is 1.57. The van der Waals surface area contributed by atoms with Gasteiger partial charge in [0.25, 0.3) is 0 Å². The number of halogens is 2. The predicted octanol–water partition coefficient (Wildman–Crippen LogP) is 1.80. The summed E-state index contributed by atoms with van der Waals surface area (Å²) in [6, 6.07) is 4.13. The zero-order chi connectivity index (χ0) is 14.3. The van der Waals surface area contributed by atoms with E-state index in [1.807, 2.05) is 0 Å². The van der Waals surface area contributed by atoms with Gasteiger partial charge in [0.15, 0.2) is 0 Å². The molecule has 0 bridgehead atoms. The minimum absolute atomic E-state index is 0.0695. The lowest BCUT2D eigenvalue weighted by atomic mass is 10.2. The maximum atomic E-state index is 13.0. The number of nitrogens with zero attached hydrogens (tertiary/aromatic N) is 1. The molecule has 0 fully saturated rings. The molecule has 0 saturated carbocycles. The predicted molar refractivity (Wildman–Crippen MR) is 72.4 cm³/mol. The van der Waals surface area contributed by atoms with Crippen LogP contribution in [0.2, 0.25) is 5.02 Å². The summed E-state index contributed by atoms with van der Waals surface area (Å²) in [5.41, 5.74) is 6.08. The number of nitrogens with two attached hydrogens (primary N) is 1. The number of methoxy groups -OCH3 is 1. The molecule has 1 aromatic carbocycles. The fourth-order valence-electron chi connectivity index (χ4n) is 1.63. The molecule has 106 valence electrons. The van der Waals surface area contributed by atoms with Crippen molar-refractivity contribution in [3.8, 4) is 0 Å². The van der Waals surface area contributed by atoms with Crippen LogP contribution in [0, 0.1) is 5.82 Å². The second-order valence-corrected chi connectivity index (χ2v) is 4.49. The van der Waals surface area contributed by atoms with Gasteiger partial charge in [0.2, 0.25) is 5.91 Å². The third kappa shape index (κ3) is 5.14. The average molecular weight is 289 g/mol. The molecule has 1 aromatic rings.